The molecule has 0 fully saturated rings. The second-order valence-corrected chi connectivity index (χ2v) is 17.3. The van der Waals surface area contributed by atoms with Crippen molar-refractivity contribution in [2.75, 3.05) is 0 Å². The number of aryl methyl sites for hydroxylation is 2. The van der Waals surface area contributed by atoms with Gasteiger partial charge in [0.15, 0.2) is 0 Å². The van der Waals surface area contributed by atoms with Gasteiger partial charge in [0.1, 0.15) is 0 Å². The summed E-state index contributed by atoms with van der Waals surface area (Å²) in [4.78, 5) is 5.59. The van der Waals surface area contributed by atoms with Crippen LogP contribution in [-0.2, 0) is 0 Å². The minimum Gasteiger partial charge on any atom is -0.140 e. The lowest BCUT2D eigenvalue weighted by molar-refractivity contribution is 0.698. The van der Waals surface area contributed by atoms with Gasteiger partial charge in [0, 0.05) is 50.8 Å². The molecule has 0 saturated heterocycles. The molecular formula is C38H28S4. The molecule has 3 aliphatic rings. The number of thiophene rings is 2. The van der Waals surface area contributed by atoms with Crippen molar-refractivity contribution in [2.45, 2.75) is 47.0 Å². The molecule has 204 valence electrons. The third-order valence-electron chi connectivity index (χ3n) is 9.60. The smallest absolute Gasteiger partial charge is 0.0628 e. The maximum atomic E-state index is 2.53. The van der Waals surface area contributed by atoms with Crippen LogP contribution in [-0.4, -0.2) is 9.49 Å². The Balaban J connectivity index is 1.56. The maximum absolute atomic E-state index is 2.53. The SMILES string of the molecule is Cc1sc2ccccc2c1C1=C2c3ccccc3S[C@]2(C)[C@@]2(C)Sc3ccccc3C2=C1c1c(C)sc2ccccc12. The van der Waals surface area contributed by atoms with Gasteiger partial charge in [-0.25, -0.2) is 0 Å². The molecule has 0 unspecified atom stereocenters. The Morgan fingerprint density at radius 1 is 0.476 bits per heavy atom. The van der Waals surface area contributed by atoms with Gasteiger partial charge in [-0.15, -0.1) is 46.2 Å². The van der Waals surface area contributed by atoms with E-state index in [0.29, 0.717) is 0 Å². The zero-order valence-electron chi connectivity index (χ0n) is 23.9. The van der Waals surface area contributed by atoms with Crippen molar-refractivity contribution in [3.63, 3.8) is 0 Å². The molecule has 0 amide bonds. The first kappa shape index (κ1) is 25.5. The van der Waals surface area contributed by atoms with Crippen molar-refractivity contribution in [3.8, 4) is 0 Å². The standard InChI is InChI=1S/C38H28S4/c1-21-31(23-13-5-9-17-27(23)39-21)33-34(32-22(2)40-28-18-10-6-14-24(28)32)36-26-16-8-12-20-30(26)42-38(36,4)37(3)35(33)25-15-7-11-19-29(25)41-37/h5-20H,1-4H3/t37-,38-/m0/s1. The second kappa shape index (κ2) is 8.76. The van der Waals surface area contributed by atoms with E-state index in [1.807, 2.05) is 22.7 Å². The van der Waals surface area contributed by atoms with E-state index in [1.165, 1.54) is 84.3 Å². The third-order valence-corrected chi connectivity index (χ3v) is 15.1. The molecule has 42 heavy (non-hydrogen) atoms. The summed E-state index contributed by atoms with van der Waals surface area (Å²) in [6.45, 7) is 9.74. The second-order valence-electron chi connectivity index (χ2n) is 11.8. The number of thioether (sulfide) groups is 2. The Morgan fingerprint density at radius 2 is 0.857 bits per heavy atom. The Morgan fingerprint density at radius 3 is 1.31 bits per heavy atom. The van der Waals surface area contributed by atoms with Gasteiger partial charge in [0.25, 0.3) is 0 Å². The maximum Gasteiger partial charge on any atom is 0.0628 e. The lowest BCUT2D eigenvalue weighted by Crippen LogP contribution is -2.45. The molecule has 0 bridgehead atoms. The molecule has 0 radical (unpaired) electrons. The van der Waals surface area contributed by atoms with Crippen LogP contribution in [0.25, 0.3) is 42.5 Å². The van der Waals surface area contributed by atoms with Crippen LogP contribution in [0.5, 0.6) is 0 Å². The number of hydrogen-bond acceptors (Lipinski definition) is 4. The summed E-state index contributed by atoms with van der Waals surface area (Å²) in [6.07, 6.45) is 0. The van der Waals surface area contributed by atoms with Gasteiger partial charge in [-0.1, -0.05) is 72.8 Å². The van der Waals surface area contributed by atoms with Crippen molar-refractivity contribution in [1.29, 1.82) is 0 Å². The van der Waals surface area contributed by atoms with Gasteiger partial charge >= 0.3 is 0 Å². The first-order chi connectivity index (χ1) is 20.4. The monoisotopic (exact) mass is 612 g/mol. The van der Waals surface area contributed by atoms with E-state index in [-0.39, 0.29) is 9.49 Å². The van der Waals surface area contributed by atoms with Gasteiger partial charge in [-0.3, -0.25) is 0 Å². The molecular weight excluding hydrogens is 585 g/mol. The zero-order chi connectivity index (χ0) is 28.4. The molecule has 4 heterocycles. The number of fused-ring (bicyclic) bond motifs is 9. The Labute approximate surface area is 263 Å². The predicted molar refractivity (Wildman–Crippen MR) is 188 cm³/mol. The van der Waals surface area contributed by atoms with Gasteiger partial charge in [0.05, 0.1) is 9.49 Å². The first-order valence-electron chi connectivity index (χ1n) is 14.4. The molecule has 0 saturated carbocycles. The summed E-state index contributed by atoms with van der Waals surface area (Å²) < 4.78 is 2.43. The summed E-state index contributed by atoms with van der Waals surface area (Å²) in [5, 5.41) is 2.74. The number of allylic oxidation sites excluding steroid dienone is 2. The Kier molecular flexibility index (Phi) is 5.32. The Hall–Kier alpha value is -3.02. The van der Waals surface area contributed by atoms with E-state index < -0.39 is 0 Å². The van der Waals surface area contributed by atoms with Crippen molar-refractivity contribution < 1.29 is 0 Å². The summed E-state index contributed by atoms with van der Waals surface area (Å²) in [5.41, 5.74) is 11.5. The highest BCUT2D eigenvalue weighted by atomic mass is 32.2. The van der Waals surface area contributed by atoms with Gasteiger partial charge in [0.2, 0.25) is 0 Å². The highest BCUT2D eigenvalue weighted by molar-refractivity contribution is 8.06. The first-order valence-corrected chi connectivity index (χ1v) is 17.7. The Bertz CT molecular complexity index is 2050. The number of benzene rings is 4. The zero-order valence-corrected chi connectivity index (χ0v) is 27.1. The topological polar surface area (TPSA) is 0 Å². The minimum absolute atomic E-state index is 0.149. The molecule has 1 aliphatic carbocycles. The fourth-order valence-electron chi connectivity index (χ4n) is 7.71. The quantitative estimate of drug-likeness (QED) is 0.191. The average Bonchev–Trinajstić information content (AvgIpc) is 3.69. The summed E-state index contributed by atoms with van der Waals surface area (Å²) in [6, 6.07) is 36.4. The van der Waals surface area contributed by atoms with Gasteiger partial charge < -0.3 is 0 Å². The van der Waals surface area contributed by atoms with Crippen LogP contribution in [0.4, 0.5) is 0 Å². The molecule has 4 aromatic carbocycles. The molecule has 2 aliphatic heterocycles. The van der Waals surface area contributed by atoms with Crippen LogP contribution in [0.1, 0.15) is 45.9 Å². The molecule has 0 nitrogen and oxygen atoms in total. The molecule has 2 atom stereocenters. The predicted octanol–water partition coefficient (Wildman–Crippen LogP) is 12.0. The van der Waals surface area contributed by atoms with Crippen molar-refractivity contribution >= 4 is 88.7 Å². The highest BCUT2D eigenvalue weighted by Crippen LogP contribution is 2.75. The van der Waals surface area contributed by atoms with E-state index >= 15 is 0 Å². The number of rotatable bonds is 2. The molecule has 0 N–H and O–H groups in total. The fourth-order valence-corrected chi connectivity index (χ4v) is 13.1. The third kappa shape index (κ3) is 3.11. The molecule has 2 aromatic heterocycles. The molecule has 6 aromatic rings. The van der Waals surface area contributed by atoms with Crippen LogP contribution in [0, 0.1) is 13.8 Å². The normalized spacial score (nSPS) is 22.6. The van der Waals surface area contributed by atoms with Crippen molar-refractivity contribution in [1.82, 2.24) is 0 Å². The van der Waals surface area contributed by atoms with E-state index in [2.05, 4.69) is 148 Å². The minimum atomic E-state index is -0.149. The molecule has 4 heteroatoms. The van der Waals surface area contributed by atoms with Crippen LogP contribution in [0.3, 0.4) is 0 Å². The summed E-state index contributed by atoms with van der Waals surface area (Å²) in [5.74, 6) is 0. The van der Waals surface area contributed by atoms with Gasteiger partial charge in [-0.2, -0.15) is 0 Å². The number of hydrogen-bond donors (Lipinski definition) is 0. The van der Waals surface area contributed by atoms with Crippen molar-refractivity contribution in [2.24, 2.45) is 0 Å². The van der Waals surface area contributed by atoms with Crippen LogP contribution in [0.15, 0.2) is 107 Å². The van der Waals surface area contributed by atoms with E-state index in [4.69, 9.17) is 0 Å². The van der Waals surface area contributed by atoms with Crippen LogP contribution >= 0.6 is 46.2 Å². The molecule has 0 spiro atoms. The summed E-state index contributed by atoms with van der Waals surface area (Å²) in [7, 11) is 0. The van der Waals surface area contributed by atoms with E-state index in [9.17, 15) is 0 Å². The van der Waals surface area contributed by atoms with E-state index in [0.717, 1.165) is 0 Å². The van der Waals surface area contributed by atoms with E-state index in [1.54, 1.807) is 0 Å². The molecule has 9 rings (SSSR count). The van der Waals surface area contributed by atoms with Crippen molar-refractivity contribution in [3.05, 3.63) is 129 Å². The van der Waals surface area contributed by atoms with Crippen LogP contribution in [0.2, 0.25) is 0 Å². The largest absolute Gasteiger partial charge is 0.140 e. The highest BCUT2D eigenvalue weighted by Gasteiger charge is 2.62. The fraction of sp³-hybridized carbons (Fsp3) is 0.158. The van der Waals surface area contributed by atoms with Crippen LogP contribution < -0.4 is 0 Å². The average molecular weight is 613 g/mol. The summed E-state index contributed by atoms with van der Waals surface area (Å²) >= 11 is 8.04. The lowest BCUT2D eigenvalue weighted by atomic mass is 9.65. The van der Waals surface area contributed by atoms with Gasteiger partial charge in [-0.05, 0) is 85.4 Å². The lowest BCUT2D eigenvalue weighted by Gasteiger charge is -2.48.